The number of carbonyl (C=O) groups is 2. The minimum absolute atomic E-state index is 0.0671. The molecular weight excluding hydrogens is 196 g/mol. The van der Waals surface area contributed by atoms with Gasteiger partial charge in [-0.2, -0.15) is 4.98 Å². The number of carbonyl (C=O) groups excluding carboxylic acids is 2. The van der Waals surface area contributed by atoms with Crippen LogP contribution in [0, 0.1) is 0 Å². The summed E-state index contributed by atoms with van der Waals surface area (Å²) in [5.41, 5.74) is 1.32. The summed E-state index contributed by atoms with van der Waals surface area (Å²) in [4.78, 5) is 26.7. The highest BCUT2D eigenvalue weighted by molar-refractivity contribution is 6.03. The first-order valence-corrected chi connectivity index (χ1v) is 4.47. The quantitative estimate of drug-likeness (QED) is 0.472. The summed E-state index contributed by atoms with van der Waals surface area (Å²) in [5, 5.41) is 0. The zero-order valence-electron chi connectivity index (χ0n) is 7.64. The smallest absolute Gasteiger partial charge is 0.323 e. The van der Waals surface area contributed by atoms with Crippen LogP contribution in [0.25, 0.3) is 11.0 Å². The highest BCUT2D eigenvalue weighted by Crippen LogP contribution is 2.24. The maximum atomic E-state index is 11.6. The summed E-state index contributed by atoms with van der Waals surface area (Å²) in [6, 6.07) is 7.22. The lowest BCUT2D eigenvalue weighted by atomic mass is 10.3. The first-order chi connectivity index (χ1) is 7.25. The molecular formula is C10H6N2O3. The van der Waals surface area contributed by atoms with Gasteiger partial charge >= 0.3 is 12.0 Å². The normalized spacial score (nSPS) is 15.2. The van der Waals surface area contributed by atoms with Gasteiger partial charge in [-0.05, 0) is 12.1 Å². The molecule has 0 N–H and O–H groups in total. The van der Waals surface area contributed by atoms with Crippen LogP contribution < -0.4 is 4.74 Å². The Morgan fingerprint density at radius 1 is 1.27 bits per heavy atom. The SMILES string of the molecule is O=C1CC(=O)n2c(nc3ccccc32)O1. The summed E-state index contributed by atoms with van der Waals surface area (Å²) in [6.07, 6.45) is -0.229. The minimum atomic E-state index is -0.553. The Bertz CT molecular complexity index is 585. The molecule has 5 nitrogen and oxygen atoms in total. The molecule has 0 fully saturated rings. The van der Waals surface area contributed by atoms with E-state index in [0.717, 1.165) is 0 Å². The van der Waals surface area contributed by atoms with Crippen LogP contribution in [0.1, 0.15) is 11.2 Å². The average molecular weight is 202 g/mol. The standard InChI is InChI=1S/C10H6N2O3/c13-8-5-9(14)15-10-11-6-3-1-2-4-7(6)12(8)10/h1-4H,5H2. The van der Waals surface area contributed by atoms with E-state index in [0.29, 0.717) is 11.0 Å². The van der Waals surface area contributed by atoms with Crippen LogP contribution in [0.2, 0.25) is 0 Å². The van der Waals surface area contributed by atoms with E-state index >= 15 is 0 Å². The van der Waals surface area contributed by atoms with Gasteiger partial charge < -0.3 is 4.74 Å². The second-order valence-corrected chi connectivity index (χ2v) is 3.26. The highest BCUT2D eigenvalue weighted by Gasteiger charge is 2.27. The number of esters is 1. The average Bonchev–Trinajstić information content (AvgIpc) is 2.54. The molecule has 0 aliphatic carbocycles. The molecule has 0 spiro atoms. The van der Waals surface area contributed by atoms with E-state index in [-0.39, 0.29) is 18.3 Å². The largest absolute Gasteiger partial charge is 0.391 e. The Balaban J connectivity index is 2.36. The van der Waals surface area contributed by atoms with E-state index < -0.39 is 5.97 Å². The van der Waals surface area contributed by atoms with Gasteiger partial charge in [-0.3, -0.25) is 9.59 Å². The summed E-state index contributed by atoms with van der Waals surface area (Å²) in [6.45, 7) is 0. The third-order valence-corrected chi connectivity index (χ3v) is 2.28. The number of hydrogen-bond donors (Lipinski definition) is 0. The van der Waals surface area contributed by atoms with Crippen molar-refractivity contribution in [3.05, 3.63) is 24.3 Å². The molecule has 1 aromatic heterocycles. The summed E-state index contributed by atoms with van der Waals surface area (Å²) < 4.78 is 6.21. The number of nitrogens with zero attached hydrogens (tertiary/aromatic N) is 2. The number of aromatic nitrogens is 2. The van der Waals surface area contributed by atoms with Crippen molar-refractivity contribution < 1.29 is 14.3 Å². The van der Waals surface area contributed by atoms with Gasteiger partial charge in [0, 0.05) is 0 Å². The predicted octanol–water partition coefficient (Wildman–Crippen LogP) is 0.986. The Labute approximate surface area is 84.3 Å². The van der Waals surface area contributed by atoms with Crippen LogP contribution in [0.4, 0.5) is 0 Å². The van der Waals surface area contributed by atoms with Gasteiger partial charge in [0.2, 0.25) is 5.91 Å². The van der Waals surface area contributed by atoms with Crippen molar-refractivity contribution in [1.82, 2.24) is 9.55 Å². The number of benzene rings is 1. The predicted molar refractivity (Wildman–Crippen MR) is 50.6 cm³/mol. The second-order valence-electron chi connectivity index (χ2n) is 3.26. The molecule has 0 saturated carbocycles. The topological polar surface area (TPSA) is 61.2 Å². The molecule has 0 unspecified atom stereocenters. The third kappa shape index (κ3) is 1.06. The summed E-state index contributed by atoms with van der Waals surface area (Å²) in [7, 11) is 0. The van der Waals surface area contributed by atoms with Crippen LogP contribution in [0.15, 0.2) is 24.3 Å². The van der Waals surface area contributed by atoms with Crippen LogP contribution in [-0.2, 0) is 4.79 Å². The number of hydrogen-bond acceptors (Lipinski definition) is 4. The molecule has 15 heavy (non-hydrogen) atoms. The van der Waals surface area contributed by atoms with Gasteiger partial charge in [-0.25, -0.2) is 4.57 Å². The van der Waals surface area contributed by atoms with Crippen LogP contribution in [-0.4, -0.2) is 21.4 Å². The third-order valence-electron chi connectivity index (χ3n) is 2.28. The molecule has 74 valence electrons. The molecule has 2 aromatic rings. The van der Waals surface area contributed by atoms with Gasteiger partial charge in [0.1, 0.15) is 6.42 Å². The van der Waals surface area contributed by atoms with Crippen molar-refractivity contribution in [3.8, 4) is 6.01 Å². The van der Waals surface area contributed by atoms with Crippen molar-refractivity contribution >= 4 is 22.9 Å². The first-order valence-electron chi connectivity index (χ1n) is 4.47. The van der Waals surface area contributed by atoms with E-state index in [4.69, 9.17) is 4.74 Å². The lowest BCUT2D eigenvalue weighted by Crippen LogP contribution is -2.26. The molecule has 0 atom stereocenters. The van der Waals surface area contributed by atoms with Crippen molar-refractivity contribution in [2.45, 2.75) is 6.42 Å². The van der Waals surface area contributed by atoms with Gasteiger partial charge in [0.15, 0.2) is 0 Å². The van der Waals surface area contributed by atoms with Gasteiger partial charge in [-0.1, -0.05) is 12.1 Å². The van der Waals surface area contributed by atoms with Crippen LogP contribution >= 0.6 is 0 Å². The van der Waals surface area contributed by atoms with E-state index in [1.165, 1.54) is 4.57 Å². The Hall–Kier alpha value is -2.17. The summed E-state index contributed by atoms with van der Waals surface area (Å²) in [5.74, 6) is -0.849. The zero-order valence-corrected chi connectivity index (χ0v) is 7.64. The number of para-hydroxylation sites is 2. The van der Waals surface area contributed by atoms with Crippen LogP contribution in [0.5, 0.6) is 6.01 Å². The van der Waals surface area contributed by atoms with E-state index in [2.05, 4.69) is 4.98 Å². The highest BCUT2D eigenvalue weighted by atomic mass is 16.6. The molecule has 0 saturated heterocycles. The Morgan fingerprint density at radius 3 is 2.93 bits per heavy atom. The van der Waals surface area contributed by atoms with Gasteiger partial charge in [-0.15, -0.1) is 0 Å². The van der Waals surface area contributed by atoms with Crippen molar-refractivity contribution in [2.75, 3.05) is 0 Å². The number of rotatable bonds is 0. The molecule has 1 aliphatic rings. The number of ether oxygens (including phenoxy) is 1. The van der Waals surface area contributed by atoms with Crippen LogP contribution in [0.3, 0.4) is 0 Å². The summed E-state index contributed by atoms with van der Waals surface area (Å²) >= 11 is 0. The maximum Gasteiger partial charge on any atom is 0.323 e. The number of imidazole rings is 1. The minimum Gasteiger partial charge on any atom is -0.391 e. The zero-order chi connectivity index (χ0) is 10.4. The molecule has 2 heterocycles. The molecule has 0 bridgehead atoms. The lowest BCUT2D eigenvalue weighted by Gasteiger charge is -2.11. The van der Waals surface area contributed by atoms with Gasteiger partial charge in [0.25, 0.3) is 0 Å². The maximum absolute atomic E-state index is 11.6. The molecule has 1 aromatic carbocycles. The molecule has 0 radical (unpaired) electrons. The monoisotopic (exact) mass is 202 g/mol. The fourth-order valence-electron chi connectivity index (χ4n) is 1.65. The first kappa shape index (κ1) is 8.16. The van der Waals surface area contributed by atoms with E-state index in [1.54, 1.807) is 18.2 Å². The Morgan fingerprint density at radius 2 is 2.07 bits per heavy atom. The molecule has 5 heteroatoms. The number of fused-ring (bicyclic) bond motifs is 3. The van der Waals surface area contributed by atoms with E-state index in [9.17, 15) is 9.59 Å². The lowest BCUT2D eigenvalue weighted by molar-refractivity contribution is -0.134. The fourth-order valence-corrected chi connectivity index (χ4v) is 1.65. The fraction of sp³-hybridized carbons (Fsp3) is 0.100. The molecule has 3 rings (SSSR count). The van der Waals surface area contributed by atoms with Crippen molar-refractivity contribution in [1.29, 1.82) is 0 Å². The van der Waals surface area contributed by atoms with Crippen molar-refractivity contribution in [3.63, 3.8) is 0 Å². The molecule has 1 aliphatic heterocycles. The van der Waals surface area contributed by atoms with Gasteiger partial charge in [0.05, 0.1) is 11.0 Å². The molecule has 0 amide bonds. The Kier molecular flexibility index (Phi) is 1.45. The second kappa shape index (κ2) is 2.66. The van der Waals surface area contributed by atoms with E-state index in [1.807, 2.05) is 6.07 Å². The van der Waals surface area contributed by atoms with Crippen molar-refractivity contribution in [2.24, 2.45) is 0 Å².